The molecule has 5 aromatic rings. The molecule has 53 heavy (non-hydrogen) atoms. The summed E-state index contributed by atoms with van der Waals surface area (Å²) < 4.78 is 86.8. The van der Waals surface area contributed by atoms with E-state index in [-0.39, 0.29) is 60.3 Å². The summed E-state index contributed by atoms with van der Waals surface area (Å²) in [6.07, 6.45) is -0.450. The lowest BCUT2D eigenvalue weighted by Gasteiger charge is -2.31. The van der Waals surface area contributed by atoms with E-state index in [0.717, 1.165) is 32.2 Å². The number of furan rings is 1. The number of rotatable bonds is 6. The number of aliphatic hydroxyl groups is 1. The van der Waals surface area contributed by atoms with Gasteiger partial charge in [0.15, 0.2) is 11.8 Å². The molecule has 4 aromatic heterocycles. The second kappa shape index (κ2) is 12.6. The molecule has 4 saturated heterocycles. The molecular weight excluding hydrogens is 724 g/mol. The number of fused-ring (bicyclic) bond motifs is 5. The fourth-order valence-electron chi connectivity index (χ4n) is 8.78. The maximum Gasteiger partial charge on any atom is 0.418 e. The SMILES string of the molecule is Cn1nc(-c2c(C(F)(F)F)c(Cl)cc3c2cnn3C2CCCCO2)c2oc3nc(OC[C@@]45CCCN4C[C@H](F)C5)nc(N4CCOC[C@@](C)(O)C4)c3c21. The van der Waals surface area contributed by atoms with Crippen LogP contribution in [0.5, 0.6) is 6.01 Å². The average molecular weight is 763 g/mol. The summed E-state index contributed by atoms with van der Waals surface area (Å²) in [7, 11) is 1.60. The minimum absolute atomic E-state index is 0.0281. The Bertz CT molecular complexity index is 2220. The fourth-order valence-corrected chi connectivity index (χ4v) is 9.08. The van der Waals surface area contributed by atoms with Crippen molar-refractivity contribution in [3.8, 4) is 17.3 Å². The molecule has 8 heterocycles. The van der Waals surface area contributed by atoms with E-state index in [4.69, 9.17) is 35.2 Å². The Morgan fingerprint density at radius 1 is 1.15 bits per heavy atom. The van der Waals surface area contributed by atoms with Crippen molar-refractivity contribution in [1.82, 2.24) is 34.4 Å². The van der Waals surface area contributed by atoms with Crippen molar-refractivity contribution in [3.05, 3.63) is 22.8 Å². The zero-order valence-corrected chi connectivity index (χ0v) is 30.0. The van der Waals surface area contributed by atoms with Crippen LogP contribution in [0.15, 0.2) is 16.7 Å². The molecule has 284 valence electrons. The predicted molar refractivity (Wildman–Crippen MR) is 186 cm³/mol. The summed E-state index contributed by atoms with van der Waals surface area (Å²) in [5.41, 5.74) is -2.43. The van der Waals surface area contributed by atoms with Gasteiger partial charge in [0.25, 0.3) is 0 Å². The number of alkyl halides is 4. The summed E-state index contributed by atoms with van der Waals surface area (Å²) >= 11 is 6.50. The first-order chi connectivity index (χ1) is 25.3. The number of benzene rings is 1. The molecule has 0 radical (unpaired) electrons. The third-order valence-electron chi connectivity index (χ3n) is 11.1. The number of halogens is 5. The van der Waals surface area contributed by atoms with Gasteiger partial charge in [0.1, 0.15) is 40.8 Å². The first-order valence-corrected chi connectivity index (χ1v) is 18.3. The number of ether oxygens (including phenoxy) is 3. The van der Waals surface area contributed by atoms with Crippen LogP contribution in [0.4, 0.5) is 23.4 Å². The van der Waals surface area contributed by atoms with Crippen molar-refractivity contribution in [1.29, 1.82) is 0 Å². The summed E-state index contributed by atoms with van der Waals surface area (Å²) in [5.74, 6) is 0.328. The average Bonchev–Trinajstić information content (AvgIpc) is 3.89. The summed E-state index contributed by atoms with van der Waals surface area (Å²) in [6.45, 7) is 4.24. The van der Waals surface area contributed by atoms with Crippen LogP contribution in [0.2, 0.25) is 5.02 Å². The van der Waals surface area contributed by atoms with Gasteiger partial charge in [-0.05, 0) is 51.6 Å². The highest BCUT2D eigenvalue weighted by Gasteiger charge is 2.49. The standard InChI is InChI=1S/C35H39ClF4N8O5/c1-33(49)16-46(9-11-50-17-33)30-25-28-29(53-31(25)43-32(42-30)52-18-34-7-5-8-47(34)15-19(37)13-34)27(44-45(28)2)24-20-14-41-48(23-6-3-4-10-51-23)22(20)12-21(36)26(24)35(38,39)40/h12,14,19,23,49H,3-11,13,15-18H2,1-2H3/t19-,23?,33+,34+/m1/s1. The van der Waals surface area contributed by atoms with E-state index in [2.05, 4.69) is 20.1 Å². The molecule has 13 nitrogen and oxygen atoms in total. The molecule has 9 rings (SSSR count). The number of nitrogens with zero attached hydrogens (tertiary/aromatic N) is 8. The highest BCUT2D eigenvalue weighted by Crippen LogP contribution is 2.49. The first-order valence-electron chi connectivity index (χ1n) is 18.0. The Morgan fingerprint density at radius 2 is 2.00 bits per heavy atom. The van der Waals surface area contributed by atoms with Crippen molar-refractivity contribution in [2.45, 2.75) is 75.2 Å². The van der Waals surface area contributed by atoms with Crippen molar-refractivity contribution in [2.24, 2.45) is 7.05 Å². The normalized spacial score (nSPS) is 27.4. The topological polar surface area (TPSA) is 129 Å². The molecule has 0 amide bonds. The Balaban J connectivity index is 1.24. The van der Waals surface area contributed by atoms with Gasteiger partial charge in [-0.2, -0.15) is 33.3 Å². The molecule has 4 atom stereocenters. The quantitative estimate of drug-likeness (QED) is 0.204. The van der Waals surface area contributed by atoms with Crippen LogP contribution < -0.4 is 9.64 Å². The Kier molecular flexibility index (Phi) is 8.34. The van der Waals surface area contributed by atoms with Crippen molar-refractivity contribution in [3.63, 3.8) is 0 Å². The van der Waals surface area contributed by atoms with Gasteiger partial charge in [-0.15, -0.1) is 0 Å². The van der Waals surface area contributed by atoms with E-state index in [1.807, 2.05) is 4.90 Å². The lowest BCUT2D eigenvalue weighted by molar-refractivity contribution is -0.136. The first kappa shape index (κ1) is 35.0. The van der Waals surface area contributed by atoms with Crippen LogP contribution in [0.1, 0.15) is 57.2 Å². The molecule has 0 aliphatic carbocycles. The molecule has 1 aromatic carbocycles. The maximum absolute atomic E-state index is 15.0. The van der Waals surface area contributed by atoms with Crippen molar-refractivity contribution in [2.75, 3.05) is 57.5 Å². The van der Waals surface area contributed by atoms with Crippen molar-refractivity contribution < 1.29 is 41.3 Å². The number of anilines is 1. The Morgan fingerprint density at radius 3 is 2.79 bits per heavy atom. The molecule has 18 heteroatoms. The molecule has 4 aliphatic heterocycles. The monoisotopic (exact) mass is 762 g/mol. The largest absolute Gasteiger partial charge is 0.461 e. The van der Waals surface area contributed by atoms with E-state index < -0.39 is 40.3 Å². The van der Waals surface area contributed by atoms with Gasteiger partial charge in [-0.1, -0.05) is 11.6 Å². The molecular formula is C35H39ClF4N8O5. The van der Waals surface area contributed by atoms with Gasteiger partial charge < -0.3 is 28.6 Å². The minimum atomic E-state index is -4.87. The Hall–Kier alpha value is -3.77. The van der Waals surface area contributed by atoms with Gasteiger partial charge in [0.2, 0.25) is 5.71 Å². The second-order valence-electron chi connectivity index (χ2n) is 15.0. The summed E-state index contributed by atoms with van der Waals surface area (Å²) in [5, 5.41) is 20.3. The summed E-state index contributed by atoms with van der Waals surface area (Å²) in [4.78, 5) is 13.4. The Labute approximate surface area is 305 Å². The highest BCUT2D eigenvalue weighted by molar-refractivity contribution is 6.33. The number of aryl methyl sites for hydroxylation is 1. The number of aromatic nitrogens is 6. The number of hydrogen-bond donors (Lipinski definition) is 1. The van der Waals surface area contributed by atoms with E-state index in [9.17, 15) is 22.7 Å². The summed E-state index contributed by atoms with van der Waals surface area (Å²) in [6, 6.07) is 1.23. The number of β-amino-alcohol motifs (C(OH)–C–C–N with tert-alkyl or cyclic N) is 1. The van der Waals surface area contributed by atoms with Crippen LogP contribution in [-0.4, -0.2) is 109 Å². The molecule has 0 saturated carbocycles. The molecule has 0 bridgehead atoms. The van der Waals surface area contributed by atoms with E-state index in [1.165, 1.54) is 16.9 Å². The predicted octanol–water partition coefficient (Wildman–Crippen LogP) is 6.04. The lowest BCUT2D eigenvalue weighted by atomic mass is 9.95. The lowest BCUT2D eigenvalue weighted by Crippen LogP contribution is -2.43. The van der Waals surface area contributed by atoms with E-state index >= 15 is 0 Å². The smallest absolute Gasteiger partial charge is 0.418 e. The third-order valence-corrected chi connectivity index (χ3v) is 11.4. The highest BCUT2D eigenvalue weighted by atomic mass is 35.5. The van der Waals surface area contributed by atoms with Gasteiger partial charge in [0.05, 0.1) is 47.6 Å². The van der Waals surface area contributed by atoms with Crippen LogP contribution in [-0.2, 0) is 22.7 Å². The molecule has 4 aliphatic rings. The molecule has 1 N–H and O–H groups in total. The van der Waals surface area contributed by atoms with Gasteiger partial charge in [-0.25, -0.2) is 9.07 Å². The van der Waals surface area contributed by atoms with Gasteiger partial charge in [0, 0.05) is 44.1 Å². The molecule has 0 spiro atoms. The zero-order chi connectivity index (χ0) is 36.9. The minimum Gasteiger partial charge on any atom is -0.461 e. The molecule has 4 fully saturated rings. The molecule has 1 unspecified atom stereocenters. The van der Waals surface area contributed by atoms with Crippen LogP contribution in [0.25, 0.3) is 44.4 Å². The third kappa shape index (κ3) is 5.90. The maximum atomic E-state index is 15.0. The fraction of sp³-hybridized carbons (Fsp3) is 0.600. The second-order valence-corrected chi connectivity index (χ2v) is 15.5. The van der Waals surface area contributed by atoms with Crippen LogP contribution >= 0.6 is 11.6 Å². The van der Waals surface area contributed by atoms with Gasteiger partial charge in [-0.3, -0.25) is 9.58 Å². The van der Waals surface area contributed by atoms with Crippen LogP contribution in [0.3, 0.4) is 0 Å². The zero-order valence-electron chi connectivity index (χ0n) is 29.3. The number of hydrogen-bond acceptors (Lipinski definition) is 11. The van der Waals surface area contributed by atoms with Gasteiger partial charge >= 0.3 is 12.2 Å². The van der Waals surface area contributed by atoms with Crippen LogP contribution in [0, 0.1) is 0 Å². The van der Waals surface area contributed by atoms with Crippen molar-refractivity contribution >= 4 is 50.5 Å². The van der Waals surface area contributed by atoms with E-state index in [0.29, 0.717) is 54.8 Å². The van der Waals surface area contributed by atoms with E-state index in [1.54, 1.807) is 18.7 Å².